The second kappa shape index (κ2) is 8.96. The molecule has 0 radical (unpaired) electrons. The number of allylic oxidation sites excluding steroid dienone is 4. The second-order valence-electron chi connectivity index (χ2n) is 11.4. The lowest BCUT2D eigenvalue weighted by molar-refractivity contribution is 0.621. The van der Waals surface area contributed by atoms with Crippen molar-refractivity contribution in [2.45, 2.75) is 26.3 Å². The maximum absolute atomic E-state index is 10.5. The van der Waals surface area contributed by atoms with Crippen LogP contribution in [0.3, 0.4) is 0 Å². The van der Waals surface area contributed by atoms with Gasteiger partial charge in [0.05, 0.1) is 34.3 Å². The maximum Gasteiger partial charge on any atom is 0.100 e. The lowest BCUT2D eigenvalue weighted by Crippen LogP contribution is -2.18. The Morgan fingerprint density at radius 1 is 0.643 bits per heavy atom. The number of hydrogen-bond acceptors (Lipinski definition) is 2. The molecule has 1 atom stereocenters. The molecule has 5 aromatic carbocycles. The average Bonchev–Trinajstić information content (AvgIpc) is 3.52. The number of nitrogens with zero attached hydrogens (tertiary/aromatic N) is 4. The lowest BCUT2D eigenvalue weighted by atomic mass is 9.91. The third-order valence-corrected chi connectivity index (χ3v) is 8.85. The second-order valence-corrected chi connectivity index (χ2v) is 11.4. The van der Waals surface area contributed by atoms with Crippen LogP contribution in [0.1, 0.15) is 23.6 Å². The number of nitriles is 2. The van der Waals surface area contributed by atoms with E-state index in [4.69, 9.17) is 0 Å². The summed E-state index contributed by atoms with van der Waals surface area (Å²) in [7, 11) is 0. The Kier molecular flexibility index (Phi) is 5.17. The van der Waals surface area contributed by atoms with E-state index < -0.39 is 0 Å². The quantitative estimate of drug-likeness (QED) is 0.220. The van der Waals surface area contributed by atoms with Crippen LogP contribution in [0.25, 0.3) is 60.1 Å². The summed E-state index contributed by atoms with van der Waals surface area (Å²) in [4.78, 5) is 0. The highest BCUT2D eigenvalue weighted by Crippen LogP contribution is 2.44. The number of fused-ring (bicyclic) bond motifs is 8. The smallest absolute Gasteiger partial charge is 0.100 e. The van der Waals surface area contributed by atoms with Crippen molar-refractivity contribution in [3.05, 3.63) is 125 Å². The summed E-state index contributed by atoms with van der Waals surface area (Å²) in [6.07, 6.45) is 2.51. The first kappa shape index (κ1) is 24.2. The van der Waals surface area contributed by atoms with Gasteiger partial charge in [-0.05, 0) is 67.1 Å². The van der Waals surface area contributed by atoms with Crippen LogP contribution in [-0.2, 0) is 0 Å². The molecular formula is C38H26N4. The van der Waals surface area contributed by atoms with Crippen LogP contribution in [0.5, 0.6) is 0 Å². The van der Waals surface area contributed by atoms with Crippen LogP contribution in [0.15, 0.2) is 114 Å². The molecule has 4 nitrogen and oxygen atoms in total. The van der Waals surface area contributed by atoms with Gasteiger partial charge in [-0.2, -0.15) is 10.5 Å². The third-order valence-electron chi connectivity index (χ3n) is 8.85. The molecule has 7 aromatic rings. The van der Waals surface area contributed by atoms with E-state index in [1.807, 2.05) is 6.08 Å². The molecule has 2 aromatic heterocycles. The topological polar surface area (TPSA) is 57.4 Å². The zero-order chi connectivity index (χ0) is 28.5. The van der Waals surface area contributed by atoms with E-state index in [-0.39, 0.29) is 6.04 Å². The van der Waals surface area contributed by atoms with Crippen molar-refractivity contribution in [2.24, 2.45) is 0 Å². The fourth-order valence-electron chi connectivity index (χ4n) is 7.05. The van der Waals surface area contributed by atoms with E-state index in [2.05, 4.69) is 132 Å². The largest absolute Gasteiger partial charge is 0.332 e. The molecule has 1 aliphatic rings. The van der Waals surface area contributed by atoms with E-state index in [0.717, 1.165) is 27.8 Å². The minimum absolute atomic E-state index is 0.327. The first-order valence-electron chi connectivity index (χ1n) is 14.2. The van der Waals surface area contributed by atoms with Gasteiger partial charge in [0, 0.05) is 44.7 Å². The van der Waals surface area contributed by atoms with E-state index in [0.29, 0.717) is 17.6 Å². The summed E-state index contributed by atoms with van der Waals surface area (Å²) in [5.41, 5.74) is 8.67. The summed E-state index contributed by atoms with van der Waals surface area (Å²) in [6, 6.07) is 38.9. The van der Waals surface area contributed by atoms with Crippen LogP contribution >= 0.6 is 0 Å². The zero-order valence-electron chi connectivity index (χ0n) is 23.4. The molecule has 42 heavy (non-hydrogen) atoms. The van der Waals surface area contributed by atoms with Crippen LogP contribution in [0.4, 0.5) is 0 Å². The summed E-state index contributed by atoms with van der Waals surface area (Å²) < 4.78 is 4.59. The third kappa shape index (κ3) is 3.33. The van der Waals surface area contributed by atoms with Crippen LogP contribution in [-0.4, -0.2) is 9.13 Å². The molecule has 0 amide bonds. The molecule has 0 saturated carbocycles. The minimum Gasteiger partial charge on any atom is -0.332 e. The molecule has 2 heterocycles. The van der Waals surface area contributed by atoms with Gasteiger partial charge in [-0.1, -0.05) is 71.8 Å². The molecule has 0 saturated heterocycles. The Labute approximate surface area is 243 Å². The molecule has 0 bridgehead atoms. The Hall–Kier alpha value is -5.58. The van der Waals surface area contributed by atoms with Gasteiger partial charge in [-0.15, -0.1) is 0 Å². The molecule has 8 rings (SSSR count). The Morgan fingerprint density at radius 2 is 1.29 bits per heavy atom. The summed E-state index contributed by atoms with van der Waals surface area (Å²) in [5, 5.41) is 28.0. The van der Waals surface area contributed by atoms with E-state index in [1.165, 1.54) is 43.4 Å². The monoisotopic (exact) mass is 538 g/mol. The number of hydrogen-bond donors (Lipinski definition) is 0. The number of rotatable bonds is 2. The van der Waals surface area contributed by atoms with E-state index in [9.17, 15) is 10.5 Å². The number of benzene rings is 5. The van der Waals surface area contributed by atoms with Crippen molar-refractivity contribution in [3.63, 3.8) is 0 Å². The Morgan fingerprint density at radius 3 is 1.98 bits per heavy atom. The lowest BCUT2D eigenvalue weighted by Gasteiger charge is -2.27. The molecule has 1 aliphatic carbocycles. The number of aromatic nitrogens is 2. The van der Waals surface area contributed by atoms with Crippen molar-refractivity contribution in [2.75, 3.05) is 0 Å². The van der Waals surface area contributed by atoms with Crippen molar-refractivity contribution >= 4 is 60.1 Å². The van der Waals surface area contributed by atoms with Gasteiger partial charge in [0.2, 0.25) is 0 Å². The van der Waals surface area contributed by atoms with Gasteiger partial charge in [0.25, 0.3) is 0 Å². The van der Waals surface area contributed by atoms with Crippen LogP contribution in [0.2, 0.25) is 0 Å². The summed E-state index contributed by atoms with van der Waals surface area (Å²) in [6.45, 7) is 4.22. The number of aryl methyl sites for hydroxylation is 2. The Bertz CT molecular complexity index is 2370. The predicted molar refractivity (Wildman–Crippen MR) is 172 cm³/mol. The normalized spacial score (nSPS) is 15.5. The highest BCUT2D eigenvalue weighted by atomic mass is 15.1. The molecule has 0 fully saturated rings. The van der Waals surface area contributed by atoms with Gasteiger partial charge in [0.15, 0.2) is 0 Å². The standard InChI is InChI=1S/C38H26N4/c1-23-11-14-34-30(17-23)31-18-24(2)12-15-35(31)42(34)37-20-27(19-26(21-39)32(37)22-40)41-33-10-6-5-9-29(33)38-28-8-4-3-7-25(28)13-16-36(38)41/h3-19,37H,20H2,1-2H3. The van der Waals surface area contributed by atoms with Gasteiger partial charge in [-0.3, -0.25) is 0 Å². The summed E-state index contributed by atoms with van der Waals surface area (Å²) >= 11 is 0. The molecule has 198 valence electrons. The Balaban J connectivity index is 1.44. The fourth-order valence-corrected chi connectivity index (χ4v) is 7.05. The molecule has 1 unspecified atom stereocenters. The van der Waals surface area contributed by atoms with E-state index >= 15 is 0 Å². The maximum atomic E-state index is 10.5. The van der Waals surface area contributed by atoms with Crippen molar-refractivity contribution in [3.8, 4) is 12.1 Å². The van der Waals surface area contributed by atoms with Gasteiger partial charge in [-0.25, -0.2) is 0 Å². The first-order valence-corrected chi connectivity index (χ1v) is 14.2. The highest BCUT2D eigenvalue weighted by Gasteiger charge is 2.30. The van der Waals surface area contributed by atoms with Gasteiger partial charge >= 0.3 is 0 Å². The summed E-state index contributed by atoms with van der Waals surface area (Å²) in [5.74, 6) is 0. The fraction of sp³-hybridized carbons (Fsp3) is 0.105. The van der Waals surface area contributed by atoms with Crippen molar-refractivity contribution in [1.82, 2.24) is 9.13 Å². The van der Waals surface area contributed by atoms with E-state index in [1.54, 1.807) is 0 Å². The average molecular weight is 539 g/mol. The highest BCUT2D eigenvalue weighted by molar-refractivity contribution is 6.21. The minimum atomic E-state index is -0.327. The predicted octanol–water partition coefficient (Wildman–Crippen LogP) is 9.50. The molecule has 0 aliphatic heterocycles. The molecular weight excluding hydrogens is 512 g/mol. The molecule has 4 heteroatoms. The number of para-hydroxylation sites is 1. The van der Waals surface area contributed by atoms with Crippen LogP contribution < -0.4 is 0 Å². The van der Waals surface area contributed by atoms with Crippen molar-refractivity contribution in [1.29, 1.82) is 10.5 Å². The zero-order valence-corrected chi connectivity index (χ0v) is 23.4. The molecule has 0 spiro atoms. The molecule has 0 N–H and O–H groups in total. The first-order chi connectivity index (χ1) is 20.6. The van der Waals surface area contributed by atoms with Crippen molar-refractivity contribution < 1.29 is 0 Å². The SMILES string of the molecule is Cc1ccc2c(c1)c1cc(C)ccc1n2C1CC(n2c3ccccc3c3c4ccccc4ccc32)=CC(C#N)=C1C#N. The van der Waals surface area contributed by atoms with Gasteiger partial charge in [0.1, 0.15) is 6.07 Å². The van der Waals surface area contributed by atoms with Crippen LogP contribution in [0, 0.1) is 36.5 Å². The van der Waals surface area contributed by atoms with Gasteiger partial charge < -0.3 is 9.13 Å².